The van der Waals surface area contributed by atoms with Gasteiger partial charge in [-0.2, -0.15) is 0 Å². The number of halogens is 1. The zero-order chi connectivity index (χ0) is 13.0. The van der Waals surface area contributed by atoms with Gasteiger partial charge in [0.2, 0.25) is 5.91 Å². The van der Waals surface area contributed by atoms with Crippen molar-refractivity contribution in [1.29, 1.82) is 0 Å². The van der Waals surface area contributed by atoms with Crippen LogP contribution in [0.3, 0.4) is 0 Å². The number of nitrogens with two attached hydrogens (primary N) is 1. The lowest BCUT2D eigenvalue weighted by Crippen LogP contribution is -2.46. The number of hydrogen-bond donors (Lipinski definition) is 1. The quantitative estimate of drug-likeness (QED) is 0.898. The van der Waals surface area contributed by atoms with Crippen molar-refractivity contribution in [2.75, 3.05) is 19.7 Å². The average Bonchev–Trinajstić information content (AvgIpc) is 2.34. The maximum Gasteiger partial charge on any atom is 0.248 e. The van der Waals surface area contributed by atoms with Crippen LogP contribution in [0.4, 0.5) is 0 Å². The largest absolute Gasteiger partial charge is 0.367 e. The van der Waals surface area contributed by atoms with Gasteiger partial charge in [0.25, 0.3) is 0 Å². The van der Waals surface area contributed by atoms with Crippen LogP contribution in [-0.2, 0) is 16.1 Å². The number of benzene rings is 1. The van der Waals surface area contributed by atoms with Crippen LogP contribution < -0.4 is 5.73 Å². The maximum absolute atomic E-state index is 11.8. The molecule has 1 heterocycles. The first-order valence-corrected chi connectivity index (χ1v) is 6.40. The van der Waals surface area contributed by atoms with Crippen LogP contribution >= 0.6 is 11.6 Å². The van der Waals surface area contributed by atoms with E-state index in [1.54, 1.807) is 4.90 Å². The molecular formula is C13H17ClN2O2. The minimum atomic E-state index is 0.0169. The van der Waals surface area contributed by atoms with Gasteiger partial charge in [0.15, 0.2) is 0 Å². The molecule has 0 radical (unpaired) electrons. The Morgan fingerprint density at radius 2 is 2.33 bits per heavy atom. The van der Waals surface area contributed by atoms with Crippen molar-refractivity contribution in [2.24, 2.45) is 5.73 Å². The molecular weight excluding hydrogens is 252 g/mol. The third-order valence-electron chi connectivity index (χ3n) is 2.97. The van der Waals surface area contributed by atoms with Crippen LogP contribution in [-0.4, -0.2) is 36.6 Å². The van der Waals surface area contributed by atoms with Gasteiger partial charge in [0.1, 0.15) is 6.61 Å². The monoisotopic (exact) mass is 268 g/mol. The van der Waals surface area contributed by atoms with E-state index in [0.717, 1.165) is 12.0 Å². The summed E-state index contributed by atoms with van der Waals surface area (Å²) < 4.78 is 5.43. The van der Waals surface area contributed by atoms with Gasteiger partial charge in [-0.25, -0.2) is 0 Å². The molecule has 1 atom stereocenters. The Balaban J connectivity index is 2.00. The number of morpholine rings is 1. The number of amides is 1. The first-order valence-electron chi connectivity index (χ1n) is 6.03. The molecule has 18 heavy (non-hydrogen) atoms. The molecule has 2 rings (SSSR count). The summed E-state index contributed by atoms with van der Waals surface area (Å²) in [5, 5.41) is 0.687. The van der Waals surface area contributed by atoms with Crippen LogP contribution in [0.2, 0.25) is 5.02 Å². The normalized spacial score (nSPS) is 20.2. The predicted octanol–water partition coefficient (Wildman–Crippen LogP) is 1.42. The molecule has 1 unspecified atom stereocenters. The molecule has 1 saturated heterocycles. The first-order chi connectivity index (χ1) is 8.69. The summed E-state index contributed by atoms with van der Waals surface area (Å²) in [5.41, 5.74) is 6.54. The van der Waals surface area contributed by atoms with Crippen molar-refractivity contribution in [2.45, 2.75) is 19.1 Å². The zero-order valence-electron chi connectivity index (χ0n) is 10.1. The molecule has 98 valence electrons. The lowest BCUT2D eigenvalue weighted by molar-refractivity contribution is -0.149. The lowest BCUT2D eigenvalue weighted by Gasteiger charge is -2.32. The zero-order valence-corrected chi connectivity index (χ0v) is 10.9. The van der Waals surface area contributed by atoms with E-state index in [9.17, 15) is 4.79 Å². The topological polar surface area (TPSA) is 55.6 Å². The summed E-state index contributed by atoms with van der Waals surface area (Å²) in [6, 6.07) is 7.55. The standard InChI is InChI=1S/C13H17ClN2O2/c14-11-3-1-2-10(6-11)7-16-8-12(4-5-15)18-9-13(16)17/h1-3,6,12H,4-5,7-9,15H2. The van der Waals surface area contributed by atoms with E-state index in [-0.39, 0.29) is 18.6 Å². The van der Waals surface area contributed by atoms with Gasteiger partial charge in [-0.15, -0.1) is 0 Å². The van der Waals surface area contributed by atoms with Crippen LogP contribution in [0.5, 0.6) is 0 Å². The Labute approximate surface area is 112 Å². The van der Waals surface area contributed by atoms with Gasteiger partial charge in [0, 0.05) is 18.1 Å². The SMILES string of the molecule is NCCC1CN(Cc2cccc(Cl)c2)C(=O)CO1. The van der Waals surface area contributed by atoms with E-state index in [4.69, 9.17) is 22.1 Å². The molecule has 0 aromatic heterocycles. The van der Waals surface area contributed by atoms with Gasteiger partial charge < -0.3 is 15.4 Å². The number of rotatable bonds is 4. The van der Waals surface area contributed by atoms with Crippen molar-refractivity contribution < 1.29 is 9.53 Å². The average molecular weight is 269 g/mol. The molecule has 1 aromatic carbocycles. The smallest absolute Gasteiger partial charge is 0.248 e. The maximum atomic E-state index is 11.8. The number of carbonyl (C=O) groups is 1. The molecule has 4 nitrogen and oxygen atoms in total. The highest BCUT2D eigenvalue weighted by Crippen LogP contribution is 2.16. The molecule has 2 N–H and O–H groups in total. The summed E-state index contributed by atoms with van der Waals surface area (Å²) in [4.78, 5) is 13.6. The fraction of sp³-hybridized carbons (Fsp3) is 0.462. The summed E-state index contributed by atoms with van der Waals surface area (Å²) in [5.74, 6) is 0.0169. The predicted molar refractivity (Wildman–Crippen MR) is 70.3 cm³/mol. The highest BCUT2D eigenvalue weighted by molar-refractivity contribution is 6.30. The minimum Gasteiger partial charge on any atom is -0.367 e. The summed E-state index contributed by atoms with van der Waals surface area (Å²) in [7, 11) is 0. The number of carbonyl (C=O) groups excluding carboxylic acids is 1. The Bertz CT molecular complexity index is 425. The molecule has 1 aliphatic rings. The second kappa shape index (κ2) is 6.18. The molecule has 0 spiro atoms. The van der Waals surface area contributed by atoms with Gasteiger partial charge in [-0.1, -0.05) is 23.7 Å². The second-order valence-electron chi connectivity index (χ2n) is 4.41. The van der Waals surface area contributed by atoms with Gasteiger partial charge in [0.05, 0.1) is 6.10 Å². The van der Waals surface area contributed by atoms with E-state index in [1.807, 2.05) is 24.3 Å². The van der Waals surface area contributed by atoms with Crippen molar-refractivity contribution in [3.8, 4) is 0 Å². The third kappa shape index (κ3) is 3.45. The molecule has 1 aromatic rings. The Hall–Kier alpha value is -1.10. The third-order valence-corrected chi connectivity index (χ3v) is 3.21. The molecule has 0 saturated carbocycles. The van der Waals surface area contributed by atoms with E-state index in [2.05, 4.69) is 0 Å². The Morgan fingerprint density at radius 3 is 3.06 bits per heavy atom. The lowest BCUT2D eigenvalue weighted by atomic mass is 10.1. The first kappa shape index (κ1) is 13.3. The van der Waals surface area contributed by atoms with Crippen LogP contribution in [0.25, 0.3) is 0 Å². The highest BCUT2D eigenvalue weighted by Gasteiger charge is 2.25. The number of hydrogen-bond acceptors (Lipinski definition) is 3. The van der Waals surface area contributed by atoms with Gasteiger partial charge >= 0.3 is 0 Å². The molecule has 1 amide bonds. The molecule has 0 aliphatic carbocycles. The number of ether oxygens (including phenoxy) is 1. The van der Waals surface area contributed by atoms with Crippen LogP contribution in [0.1, 0.15) is 12.0 Å². The second-order valence-corrected chi connectivity index (χ2v) is 4.85. The minimum absolute atomic E-state index is 0.0169. The Morgan fingerprint density at radius 1 is 1.50 bits per heavy atom. The molecule has 0 bridgehead atoms. The molecule has 5 heteroatoms. The van der Waals surface area contributed by atoms with E-state index >= 15 is 0 Å². The van der Waals surface area contributed by atoms with Crippen molar-refractivity contribution >= 4 is 17.5 Å². The van der Waals surface area contributed by atoms with E-state index in [1.165, 1.54) is 0 Å². The summed E-state index contributed by atoms with van der Waals surface area (Å²) in [6.45, 7) is 1.89. The molecule has 1 fully saturated rings. The summed E-state index contributed by atoms with van der Waals surface area (Å²) in [6.07, 6.45) is 0.825. The summed E-state index contributed by atoms with van der Waals surface area (Å²) >= 11 is 5.93. The van der Waals surface area contributed by atoms with Crippen molar-refractivity contribution in [1.82, 2.24) is 4.90 Å². The van der Waals surface area contributed by atoms with Crippen molar-refractivity contribution in [3.05, 3.63) is 34.9 Å². The van der Waals surface area contributed by atoms with E-state index < -0.39 is 0 Å². The Kier molecular flexibility index (Phi) is 4.58. The van der Waals surface area contributed by atoms with Crippen LogP contribution in [0.15, 0.2) is 24.3 Å². The highest BCUT2D eigenvalue weighted by atomic mass is 35.5. The van der Waals surface area contributed by atoms with Gasteiger partial charge in [-0.05, 0) is 30.7 Å². The van der Waals surface area contributed by atoms with Crippen LogP contribution in [0, 0.1) is 0 Å². The van der Waals surface area contributed by atoms with Crippen molar-refractivity contribution in [3.63, 3.8) is 0 Å². The van der Waals surface area contributed by atoms with Gasteiger partial charge in [-0.3, -0.25) is 4.79 Å². The van der Waals surface area contributed by atoms with E-state index in [0.29, 0.717) is 24.7 Å². The molecule has 1 aliphatic heterocycles. The fourth-order valence-electron chi connectivity index (χ4n) is 2.05. The number of nitrogens with zero attached hydrogens (tertiary/aromatic N) is 1. The fourth-order valence-corrected chi connectivity index (χ4v) is 2.26.